The summed E-state index contributed by atoms with van der Waals surface area (Å²) in [5.74, 6) is 0.908. The molecule has 112 valence electrons. The maximum atomic E-state index is 12.2. The van der Waals surface area contributed by atoms with E-state index in [1.54, 1.807) is 11.8 Å². The highest BCUT2D eigenvalue weighted by Crippen LogP contribution is 2.21. The number of nitrogens with zero attached hydrogens (tertiary/aromatic N) is 2. The van der Waals surface area contributed by atoms with Gasteiger partial charge >= 0.3 is 0 Å². The van der Waals surface area contributed by atoms with Crippen LogP contribution in [0.25, 0.3) is 0 Å². The lowest BCUT2D eigenvalue weighted by molar-refractivity contribution is -0.117. The molecule has 2 aromatic rings. The standard InChI is InChI=1S/C16H19ClN2O2/c1-4-19-15(16(17)11(2)18-19)10-13(20)9-12-5-7-14(21-3)8-6-12/h5-8H,4,9-10H2,1-3H3. The molecule has 1 heterocycles. The van der Waals surface area contributed by atoms with Gasteiger partial charge in [-0.2, -0.15) is 5.10 Å². The number of hydrogen-bond acceptors (Lipinski definition) is 3. The molecular weight excluding hydrogens is 288 g/mol. The molecular formula is C16H19ClN2O2. The number of carbonyl (C=O) groups excluding carboxylic acids is 1. The van der Waals surface area contributed by atoms with Crippen molar-refractivity contribution >= 4 is 17.4 Å². The van der Waals surface area contributed by atoms with Gasteiger partial charge in [0.1, 0.15) is 11.5 Å². The van der Waals surface area contributed by atoms with E-state index in [1.807, 2.05) is 38.1 Å². The van der Waals surface area contributed by atoms with Crippen molar-refractivity contribution in [2.45, 2.75) is 33.2 Å². The van der Waals surface area contributed by atoms with Crippen LogP contribution in [0.3, 0.4) is 0 Å². The molecule has 4 nitrogen and oxygen atoms in total. The van der Waals surface area contributed by atoms with Crippen molar-refractivity contribution in [1.82, 2.24) is 9.78 Å². The van der Waals surface area contributed by atoms with E-state index >= 15 is 0 Å². The molecule has 0 radical (unpaired) electrons. The van der Waals surface area contributed by atoms with Gasteiger partial charge in [-0.05, 0) is 31.5 Å². The first-order valence-electron chi connectivity index (χ1n) is 6.91. The quantitative estimate of drug-likeness (QED) is 0.823. The Balaban J connectivity index is 2.07. The highest BCUT2D eigenvalue weighted by atomic mass is 35.5. The molecule has 0 N–H and O–H groups in total. The maximum Gasteiger partial charge on any atom is 0.143 e. The number of Topliss-reactive ketones (excluding diaryl/α,β-unsaturated/α-hetero) is 1. The molecule has 0 aliphatic rings. The van der Waals surface area contributed by atoms with Gasteiger partial charge in [0.25, 0.3) is 0 Å². The van der Waals surface area contributed by atoms with Crippen LogP contribution in [0, 0.1) is 6.92 Å². The van der Waals surface area contributed by atoms with Crippen LogP contribution in [0.2, 0.25) is 5.02 Å². The van der Waals surface area contributed by atoms with Gasteiger partial charge in [-0.25, -0.2) is 0 Å². The smallest absolute Gasteiger partial charge is 0.143 e. The first-order chi connectivity index (χ1) is 10.0. The first-order valence-corrected chi connectivity index (χ1v) is 7.29. The summed E-state index contributed by atoms with van der Waals surface area (Å²) in [4.78, 5) is 12.2. The number of hydrogen-bond donors (Lipinski definition) is 0. The second kappa shape index (κ2) is 6.76. The van der Waals surface area contributed by atoms with Crippen molar-refractivity contribution in [2.24, 2.45) is 0 Å². The molecule has 1 aromatic carbocycles. The van der Waals surface area contributed by atoms with Gasteiger partial charge in [0.15, 0.2) is 0 Å². The Morgan fingerprint density at radius 3 is 2.52 bits per heavy atom. The van der Waals surface area contributed by atoms with Crippen LogP contribution in [0.4, 0.5) is 0 Å². The molecule has 0 bridgehead atoms. The van der Waals surface area contributed by atoms with E-state index in [1.165, 1.54) is 0 Å². The molecule has 0 aliphatic carbocycles. The Morgan fingerprint density at radius 2 is 1.95 bits per heavy atom. The normalized spacial score (nSPS) is 10.7. The fourth-order valence-corrected chi connectivity index (χ4v) is 2.46. The number of benzene rings is 1. The van der Waals surface area contributed by atoms with Crippen molar-refractivity contribution in [3.05, 3.63) is 46.2 Å². The second-order valence-electron chi connectivity index (χ2n) is 4.90. The SMILES string of the molecule is CCn1nc(C)c(Cl)c1CC(=O)Cc1ccc(OC)cc1. The number of aromatic nitrogens is 2. The number of rotatable bonds is 6. The van der Waals surface area contributed by atoms with Gasteiger partial charge in [0.2, 0.25) is 0 Å². The van der Waals surface area contributed by atoms with Crippen molar-refractivity contribution in [1.29, 1.82) is 0 Å². The van der Waals surface area contributed by atoms with E-state index in [-0.39, 0.29) is 5.78 Å². The molecule has 21 heavy (non-hydrogen) atoms. The third-order valence-corrected chi connectivity index (χ3v) is 3.87. The predicted octanol–water partition coefficient (Wildman–Crippen LogP) is 3.23. The average molecular weight is 307 g/mol. The summed E-state index contributed by atoms with van der Waals surface area (Å²) in [6.45, 7) is 4.55. The number of carbonyl (C=O) groups is 1. The Bertz CT molecular complexity index is 632. The van der Waals surface area contributed by atoms with Gasteiger partial charge in [0, 0.05) is 13.0 Å². The Kier molecular flexibility index (Phi) is 5.02. The number of halogens is 1. The zero-order valence-corrected chi connectivity index (χ0v) is 13.3. The summed E-state index contributed by atoms with van der Waals surface area (Å²) in [6.07, 6.45) is 0.688. The fourth-order valence-electron chi connectivity index (χ4n) is 2.26. The summed E-state index contributed by atoms with van der Waals surface area (Å²) in [6, 6.07) is 7.52. The lowest BCUT2D eigenvalue weighted by Crippen LogP contribution is -2.11. The highest BCUT2D eigenvalue weighted by Gasteiger charge is 2.16. The summed E-state index contributed by atoms with van der Waals surface area (Å²) in [5, 5.41) is 4.92. The van der Waals surface area contributed by atoms with E-state index < -0.39 is 0 Å². The summed E-state index contributed by atoms with van der Waals surface area (Å²) in [5.41, 5.74) is 2.54. The van der Waals surface area contributed by atoms with Crippen LogP contribution in [-0.2, 0) is 24.2 Å². The van der Waals surface area contributed by atoms with E-state index in [9.17, 15) is 4.79 Å². The van der Waals surface area contributed by atoms with Crippen molar-refractivity contribution in [3.8, 4) is 5.75 Å². The average Bonchev–Trinajstić information content (AvgIpc) is 2.75. The van der Waals surface area contributed by atoms with Crippen LogP contribution in [0.15, 0.2) is 24.3 Å². The highest BCUT2D eigenvalue weighted by molar-refractivity contribution is 6.32. The number of methoxy groups -OCH3 is 1. The minimum Gasteiger partial charge on any atom is -0.497 e. The molecule has 0 saturated carbocycles. The van der Waals surface area contributed by atoms with Crippen LogP contribution >= 0.6 is 11.6 Å². The van der Waals surface area contributed by atoms with Crippen LogP contribution in [-0.4, -0.2) is 22.7 Å². The molecule has 1 aromatic heterocycles. The molecule has 0 unspecified atom stereocenters. The molecule has 2 rings (SSSR count). The van der Waals surface area contributed by atoms with Crippen LogP contribution in [0.1, 0.15) is 23.9 Å². The van der Waals surface area contributed by atoms with Crippen LogP contribution < -0.4 is 4.74 Å². The summed E-state index contributed by atoms with van der Waals surface area (Å²) >= 11 is 6.23. The lowest BCUT2D eigenvalue weighted by atomic mass is 10.1. The number of ether oxygens (including phenoxy) is 1. The summed E-state index contributed by atoms with van der Waals surface area (Å²) < 4.78 is 6.90. The molecule has 0 atom stereocenters. The van der Waals surface area contributed by atoms with Crippen LogP contribution in [0.5, 0.6) is 5.75 Å². The van der Waals surface area contributed by atoms with E-state index in [0.717, 1.165) is 22.7 Å². The zero-order valence-electron chi connectivity index (χ0n) is 12.5. The third kappa shape index (κ3) is 3.64. The third-order valence-electron chi connectivity index (χ3n) is 3.38. The molecule has 0 saturated heterocycles. The number of aryl methyl sites for hydroxylation is 2. The summed E-state index contributed by atoms with van der Waals surface area (Å²) in [7, 11) is 1.62. The molecule has 0 aliphatic heterocycles. The second-order valence-corrected chi connectivity index (χ2v) is 5.28. The van der Waals surface area contributed by atoms with Gasteiger partial charge in [0.05, 0.1) is 29.9 Å². The molecule has 0 spiro atoms. The van der Waals surface area contributed by atoms with E-state index in [0.29, 0.717) is 24.4 Å². The molecule has 5 heteroatoms. The molecule has 0 fully saturated rings. The van der Waals surface area contributed by atoms with Crippen molar-refractivity contribution < 1.29 is 9.53 Å². The maximum absolute atomic E-state index is 12.2. The Hall–Kier alpha value is -1.81. The minimum absolute atomic E-state index is 0.122. The molecule has 0 amide bonds. The largest absolute Gasteiger partial charge is 0.497 e. The van der Waals surface area contributed by atoms with Gasteiger partial charge in [-0.15, -0.1) is 0 Å². The lowest BCUT2D eigenvalue weighted by Gasteiger charge is -2.06. The minimum atomic E-state index is 0.122. The zero-order chi connectivity index (χ0) is 15.4. The topological polar surface area (TPSA) is 44.1 Å². The Labute approximate surface area is 129 Å². The van der Waals surface area contributed by atoms with E-state index in [4.69, 9.17) is 16.3 Å². The monoisotopic (exact) mass is 306 g/mol. The van der Waals surface area contributed by atoms with E-state index in [2.05, 4.69) is 5.10 Å². The van der Waals surface area contributed by atoms with Gasteiger partial charge in [-0.3, -0.25) is 9.48 Å². The Morgan fingerprint density at radius 1 is 1.29 bits per heavy atom. The first kappa shape index (κ1) is 15.6. The number of ketones is 1. The van der Waals surface area contributed by atoms with Crippen molar-refractivity contribution in [2.75, 3.05) is 7.11 Å². The predicted molar refractivity (Wildman–Crippen MR) is 83.1 cm³/mol. The van der Waals surface area contributed by atoms with Crippen molar-refractivity contribution in [3.63, 3.8) is 0 Å². The van der Waals surface area contributed by atoms with Gasteiger partial charge in [-0.1, -0.05) is 23.7 Å². The van der Waals surface area contributed by atoms with Gasteiger partial charge < -0.3 is 4.74 Å². The fraction of sp³-hybridized carbons (Fsp3) is 0.375.